The van der Waals surface area contributed by atoms with Crippen molar-refractivity contribution in [2.45, 2.75) is 31.8 Å². The number of piperidine rings is 1. The number of aromatic nitrogens is 2. The van der Waals surface area contributed by atoms with E-state index in [2.05, 4.69) is 15.5 Å². The van der Waals surface area contributed by atoms with Crippen molar-refractivity contribution in [2.24, 2.45) is 0 Å². The van der Waals surface area contributed by atoms with Gasteiger partial charge < -0.3 is 14.9 Å². The highest BCUT2D eigenvalue weighted by Crippen LogP contribution is 2.09. The van der Waals surface area contributed by atoms with Gasteiger partial charge in [0.05, 0.1) is 12.6 Å². The fraction of sp³-hybridized carbons (Fsp3) is 0.500. The van der Waals surface area contributed by atoms with E-state index in [1.165, 1.54) is 0 Å². The maximum atomic E-state index is 12.0. The van der Waals surface area contributed by atoms with Crippen LogP contribution in [0.15, 0.2) is 34.9 Å². The van der Waals surface area contributed by atoms with Gasteiger partial charge in [-0.05, 0) is 24.9 Å². The molecule has 1 aliphatic heterocycles. The van der Waals surface area contributed by atoms with Crippen LogP contribution in [0.3, 0.4) is 0 Å². The highest BCUT2D eigenvalue weighted by molar-refractivity contribution is 5.78. The average molecular weight is 344 g/mol. The first-order valence-corrected chi connectivity index (χ1v) is 8.71. The topological polar surface area (TPSA) is 91.5 Å². The summed E-state index contributed by atoms with van der Waals surface area (Å²) in [6.45, 7) is 2.21. The van der Waals surface area contributed by atoms with Crippen LogP contribution in [0, 0.1) is 0 Å². The second-order valence-electron chi connectivity index (χ2n) is 6.40. The molecule has 3 rings (SSSR count). The summed E-state index contributed by atoms with van der Waals surface area (Å²) < 4.78 is 5.23. The van der Waals surface area contributed by atoms with Crippen molar-refractivity contribution in [3.05, 3.63) is 47.6 Å². The molecule has 0 bridgehead atoms. The number of rotatable bonds is 7. The predicted octanol–water partition coefficient (Wildman–Crippen LogP) is 0.776. The number of amides is 1. The van der Waals surface area contributed by atoms with Gasteiger partial charge >= 0.3 is 0 Å². The Hall–Kier alpha value is -2.25. The summed E-state index contributed by atoms with van der Waals surface area (Å²) in [6, 6.07) is 9.97. The Bertz CT molecular complexity index is 674. The summed E-state index contributed by atoms with van der Waals surface area (Å²) in [6.07, 6.45) is 2.58. The van der Waals surface area contributed by atoms with Crippen LogP contribution in [0.4, 0.5) is 0 Å². The number of likely N-dealkylation sites (tertiary alicyclic amines) is 1. The molecule has 1 aromatic carbocycles. The molecule has 1 amide bonds. The molecule has 1 atom stereocenters. The van der Waals surface area contributed by atoms with Crippen LogP contribution in [0.2, 0.25) is 0 Å². The number of β-amino-alcohol motifs (C(OH)–C–C–N with tert-alkyl or cyclic N) is 1. The van der Waals surface area contributed by atoms with Gasteiger partial charge in [0.2, 0.25) is 11.8 Å². The third-order valence-electron chi connectivity index (χ3n) is 4.22. The van der Waals surface area contributed by atoms with Crippen molar-refractivity contribution >= 4 is 5.91 Å². The Balaban J connectivity index is 1.38. The van der Waals surface area contributed by atoms with Crippen molar-refractivity contribution in [1.29, 1.82) is 0 Å². The van der Waals surface area contributed by atoms with Gasteiger partial charge in [0.25, 0.3) is 0 Å². The van der Waals surface area contributed by atoms with Crippen LogP contribution < -0.4 is 5.32 Å². The Labute approximate surface area is 147 Å². The molecule has 1 unspecified atom stereocenters. The number of hydrogen-bond acceptors (Lipinski definition) is 6. The van der Waals surface area contributed by atoms with Gasteiger partial charge in [-0.15, -0.1) is 0 Å². The number of aliphatic hydroxyl groups is 1. The molecule has 0 saturated carbocycles. The van der Waals surface area contributed by atoms with Gasteiger partial charge in [-0.25, -0.2) is 0 Å². The van der Waals surface area contributed by atoms with Gasteiger partial charge in [-0.3, -0.25) is 9.69 Å². The first-order chi connectivity index (χ1) is 12.2. The van der Waals surface area contributed by atoms with Crippen LogP contribution in [0.25, 0.3) is 0 Å². The van der Waals surface area contributed by atoms with Crippen molar-refractivity contribution in [3.63, 3.8) is 0 Å². The van der Waals surface area contributed by atoms with E-state index >= 15 is 0 Å². The molecule has 1 fully saturated rings. The molecule has 2 N–H and O–H groups in total. The van der Waals surface area contributed by atoms with Gasteiger partial charge in [-0.1, -0.05) is 35.5 Å². The van der Waals surface area contributed by atoms with Crippen LogP contribution >= 0.6 is 0 Å². The fourth-order valence-corrected chi connectivity index (χ4v) is 2.98. The van der Waals surface area contributed by atoms with E-state index in [9.17, 15) is 9.90 Å². The molecule has 7 heteroatoms. The molecule has 1 aliphatic rings. The molecule has 134 valence electrons. The molecule has 0 spiro atoms. The maximum absolute atomic E-state index is 12.0. The van der Waals surface area contributed by atoms with E-state index < -0.39 is 0 Å². The Morgan fingerprint density at radius 2 is 2.20 bits per heavy atom. The van der Waals surface area contributed by atoms with Crippen molar-refractivity contribution < 1.29 is 14.4 Å². The zero-order valence-corrected chi connectivity index (χ0v) is 14.2. The molecule has 1 saturated heterocycles. The highest BCUT2D eigenvalue weighted by atomic mass is 16.5. The quantitative estimate of drug-likeness (QED) is 0.771. The second-order valence-corrected chi connectivity index (χ2v) is 6.40. The van der Waals surface area contributed by atoms with Crippen LogP contribution in [0.1, 0.15) is 30.1 Å². The normalized spacial score (nSPS) is 18.2. The Morgan fingerprint density at radius 1 is 1.36 bits per heavy atom. The number of hydrogen-bond donors (Lipinski definition) is 2. The predicted molar refractivity (Wildman–Crippen MR) is 91.9 cm³/mol. The minimum absolute atomic E-state index is 0.0434. The van der Waals surface area contributed by atoms with E-state index in [1.54, 1.807) is 0 Å². The summed E-state index contributed by atoms with van der Waals surface area (Å²) in [5.41, 5.74) is 1.13. The van der Waals surface area contributed by atoms with Crippen molar-refractivity contribution in [3.8, 4) is 0 Å². The molecule has 2 heterocycles. The summed E-state index contributed by atoms with van der Waals surface area (Å²) in [5.74, 6) is 1.13. The Morgan fingerprint density at radius 3 is 3.00 bits per heavy atom. The van der Waals surface area contributed by atoms with Crippen LogP contribution in [-0.4, -0.2) is 58.3 Å². The molecule has 7 nitrogen and oxygen atoms in total. The molecule has 25 heavy (non-hydrogen) atoms. The monoisotopic (exact) mass is 344 g/mol. The summed E-state index contributed by atoms with van der Waals surface area (Å²) >= 11 is 0. The lowest BCUT2D eigenvalue weighted by Crippen LogP contribution is -2.44. The lowest BCUT2D eigenvalue weighted by Gasteiger charge is -2.29. The zero-order valence-electron chi connectivity index (χ0n) is 14.2. The van der Waals surface area contributed by atoms with Gasteiger partial charge in [-0.2, -0.15) is 4.98 Å². The largest absolute Gasteiger partial charge is 0.392 e. The number of nitrogens with one attached hydrogen (secondary N) is 1. The smallest absolute Gasteiger partial charge is 0.234 e. The number of carbonyl (C=O) groups is 1. The number of aliphatic hydroxyl groups excluding tert-OH is 1. The molecule has 0 aliphatic carbocycles. The minimum atomic E-state index is -0.317. The average Bonchev–Trinajstić information content (AvgIpc) is 3.03. The maximum Gasteiger partial charge on any atom is 0.234 e. The van der Waals surface area contributed by atoms with E-state index in [0.717, 1.165) is 24.9 Å². The number of nitrogens with zero attached hydrogens (tertiary/aromatic N) is 3. The molecular weight excluding hydrogens is 320 g/mol. The van der Waals surface area contributed by atoms with Gasteiger partial charge in [0, 0.05) is 25.9 Å². The minimum Gasteiger partial charge on any atom is -0.392 e. The Kier molecular flexibility index (Phi) is 6.14. The molecular formula is C18H24N4O3. The standard InChI is InChI=1S/C18H24N4O3/c23-15-7-4-10-22(12-15)13-17(24)19-9-8-18-20-16(21-25-18)11-14-5-2-1-3-6-14/h1-3,5-6,15,23H,4,7-13H2,(H,19,24). The third-order valence-corrected chi connectivity index (χ3v) is 4.22. The van der Waals surface area contributed by atoms with E-state index in [4.69, 9.17) is 4.52 Å². The first-order valence-electron chi connectivity index (χ1n) is 8.71. The van der Waals surface area contributed by atoms with Crippen molar-refractivity contribution in [2.75, 3.05) is 26.2 Å². The van der Waals surface area contributed by atoms with Gasteiger partial charge in [0.15, 0.2) is 5.82 Å². The molecule has 2 aromatic rings. The zero-order chi connectivity index (χ0) is 17.5. The lowest BCUT2D eigenvalue weighted by atomic mass is 10.1. The number of benzene rings is 1. The molecule has 0 radical (unpaired) electrons. The lowest BCUT2D eigenvalue weighted by molar-refractivity contribution is -0.122. The van der Waals surface area contributed by atoms with E-state index in [1.807, 2.05) is 35.2 Å². The fourth-order valence-electron chi connectivity index (χ4n) is 2.98. The van der Waals surface area contributed by atoms with E-state index in [-0.39, 0.29) is 12.0 Å². The molecule has 1 aromatic heterocycles. The number of carbonyl (C=O) groups excluding carboxylic acids is 1. The summed E-state index contributed by atoms with van der Waals surface area (Å²) in [5, 5.41) is 16.5. The first kappa shape index (κ1) is 17.6. The van der Waals surface area contributed by atoms with E-state index in [0.29, 0.717) is 44.2 Å². The summed E-state index contributed by atoms with van der Waals surface area (Å²) in [4.78, 5) is 18.3. The van der Waals surface area contributed by atoms with Crippen molar-refractivity contribution in [1.82, 2.24) is 20.4 Å². The third kappa shape index (κ3) is 5.65. The van der Waals surface area contributed by atoms with Crippen LogP contribution in [0.5, 0.6) is 0 Å². The SMILES string of the molecule is O=C(CN1CCCC(O)C1)NCCc1nc(Cc2ccccc2)no1. The highest BCUT2D eigenvalue weighted by Gasteiger charge is 2.19. The summed E-state index contributed by atoms with van der Waals surface area (Å²) in [7, 11) is 0. The second kappa shape index (κ2) is 8.73. The van der Waals surface area contributed by atoms with Gasteiger partial charge in [0.1, 0.15) is 0 Å². The van der Waals surface area contributed by atoms with Crippen LogP contribution in [-0.2, 0) is 17.6 Å².